The van der Waals surface area contributed by atoms with Gasteiger partial charge in [0.15, 0.2) is 0 Å². The van der Waals surface area contributed by atoms with Gasteiger partial charge in [-0.1, -0.05) is 24.3 Å². The van der Waals surface area contributed by atoms with E-state index in [1.54, 1.807) is 25.2 Å². The van der Waals surface area contributed by atoms with E-state index in [4.69, 9.17) is 0 Å². The fourth-order valence-electron chi connectivity index (χ4n) is 2.44. The highest BCUT2D eigenvalue weighted by atomic mass is 19.1. The molecule has 3 aromatic rings. The van der Waals surface area contributed by atoms with Gasteiger partial charge in [0, 0.05) is 30.6 Å². The second-order valence-corrected chi connectivity index (χ2v) is 4.96. The van der Waals surface area contributed by atoms with Gasteiger partial charge < -0.3 is 0 Å². The Morgan fingerprint density at radius 3 is 2.77 bits per heavy atom. The van der Waals surface area contributed by atoms with Crippen LogP contribution >= 0.6 is 0 Å². The molecule has 2 aromatic carbocycles. The van der Waals surface area contributed by atoms with Crippen LogP contribution in [0.1, 0.15) is 16.8 Å². The minimum atomic E-state index is -0.311. The first-order valence-corrected chi connectivity index (χ1v) is 6.86. The molecule has 4 nitrogen and oxygen atoms in total. The molecule has 22 heavy (non-hydrogen) atoms. The predicted molar refractivity (Wildman–Crippen MR) is 85.1 cm³/mol. The molecule has 0 atom stereocenters. The number of hydrogen-bond donors (Lipinski definition) is 1. The average molecular weight is 295 g/mol. The third kappa shape index (κ3) is 2.65. The lowest BCUT2D eigenvalue weighted by Gasteiger charge is -2.06. The molecule has 0 aliphatic carbocycles. The van der Waals surface area contributed by atoms with Crippen molar-refractivity contribution in [2.24, 2.45) is 4.99 Å². The molecular weight excluding hydrogens is 281 g/mol. The van der Waals surface area contributed by atoms with Crippen molar-refractivity contribution in [1.29, 1.82) is 0 Å². The Kier molecular flexibility index (Phi) is 3.78. The number of nitrogens with one attached hydrogen (secondary N) is 1. The number of fused-ring (bicyclic) bond motifs is 1. The van der Waals surface area contributed by atoms with Crippen LogP contribution in [0.25, 0.3) is 10.8 Å². The smallest absolute Gasteiger partial charge is 0.272 e. The molecule has 5 heteroatoms. The van der Waals surface area contributed by atoms with E-state index in [9.17, 15) is 9.18 Å². The molecule has 0 amide bonds. The van der Waals surface area contributed by atoms with Crippen molar-refractivity contribution in [3.05, 3.63) is 75.5 Å². The summed E-state index contributed by atoms with van der Waals surface area (Å²) < 4.78 is 13.6. The number of hydrogen-bond acceptors (Lipinski definition) is 3. The van der Waals surface area contributed by atoms with Crippen molar-refractivity contribution in [3.63, 3.8) is 0 Å². The van der Waals surface area contributed by atoms with Gasteiger partial charge in [-0.25, -0.2) is 9.49 Å². The van der Waals surface area contributed by atoms with Crippen LogP contribution in [0.5, 0.6) is 0 Å². The molecule has 0 saturated heterocycles. The molecule has 0 fully saturated rings. The fraction of sp³-hybridized carbons (Fsp3) is 0.118. The zero-order valence-electron chi connectivity index (χ0n) is 12.0. The normalized spacial score (nSPS) is 11.4. The minimum Gasteiger partial charge on any atom is -0.296 e. The number of nitrogens with zero attached hydrogens (tertiary/aromatic N) is 2. The number of H-pyrrole nitrogens is 1. The van der Waals surface area contributed by atoms with Crippen LogP contribution in [0.4, 0.5) is 4.39 Å². The summed E-state index contributed by atoms with van der Waals surface area (Å²) in [4.78, 5) is 15.6. The van der Waals surface area contributed by atoms with Gasteiger partial charge in [-0.15, -0.1) is 0 Å². The van der Waals surface area contributed by atoms with Gasteiger partial charge in [0.05, 0.1) is 11.1 Å². The van der Waals surface area contributed by atoms with Gasteiger partial charge in [0.2, 0.25) is 0 Å². The highest BCUT2D eigenvalue weighted by molar-refractivity contribution is 5.84. The molecular formula is C17H14FN3O. The number of rotatable bonds is 3. The number of benzene rings is 2. The van der Waals surface area contributed by atoms with Crippen molar-refractivity contribution < 1.29 is 4.39 Å². The second-order valence-electron chi connectivity index (χ2n) is 4.96. The van der Waals surface area contributed by atoms with Crippen LogP contribution in [0, 0.1) is 5.82 Å². The van der Waals surface area contributed by atoms with E-state index in [1.165, 1.54) is 12.3 Å². The molecule has 1 N–H and O–H groups in total. The Labute approximate surface area is 126 Å². The maximum atomic E-state index is 13.6. The Balaban J connectivity index is 2.06. The first-order valence-electron chi connectivity index (χ1n) is 6.86. The van der Waals surface area contributed by atoms with Gasteiger partial charge >= 0.3 is 0 Å². The zero-order chi connectivity index (χ0) is 15.5. The molecule has 0 bridgehead atoms. The molecule has 0 aliphatic heterocycles. The van der Waals surface area contributed by atoms with Gasteiger partial charge in [0.1, 0.15) is 5.82 Å². The van der Waals surface area contributed by atoms with E-state index < -0.39 is 0 Å². The van der Waals surface area contributed by atoms with E-state index in [1.807, 2.05) is 18.2 Å². The highest BCUT2D eigenvalue weighted by Gasteiger charge is 2.08. The SMILES string of the molecule is CN=Cc1cc(Cc2n[nH]c(=O)c3ccccc23)ccc1F. The first kappa shape index (κ1) is 14.1. The van der Waals surface area contributed by atoms with Gasteiger partial charge in [-0.3, -0.25) is 9.79 Å². The molecule has 0 saturated carbocycles. The Bertz CT molecular complexity index is 915. The summed E-state index contributed by atoms with van der Waals surface area (Å²) in [5, 5.41) is 8.05. The molecule has 3 rings (SSSR count). The summed E-state index contributed by atoms with van der Waals surface area (Å²) >= 11 is 0. The molecule has 1 heterocycles. The second kappa shape index (κ2) is 5.89. The molecule has 110 valence electrons. The third-order valence-electron chi connectivity index (χ3n) is 3.48. The van der Waals surface area contributed by atoms with E-state index in [0.717, 1.165) is 16.6 Å². The molecule has 0 unspecified atom stereocenters. The van der Waals surface area contributed by atoms with E-state index >= 15 is 0 Å². The third-order valence-corrected chi connectivity index (χ3v) is 3.48. The van der Waals surface area contributed by atoms with Crippen molar-refractivity contribution in [2.45, 2.75) is 6.42 Å². The maximum Gasteiger partial charge on any atom is 0.272 e. The Morgan fingerprint density at radius 2 is 2.00 bits per heavy atom. The van der Waals surface area contributed by atoms with E-state index in [2.05, 4.69) is 15.2 Å². The van der Waals surface area contributed by atoms with Crippen molar-refractivity contribution in [2.75, 3.05) is 7.05 Å². The number of aromatic nitrogens is 2. The molecule has 1 aromatic heterocycles. The van der Waals surface area contributed by atoms with Crippen LogP contribution in [0.15, 0.2) is 52.3 Å². The summed E-state index contributed by atoms with van der Waals surface area (Å²) in [6.07, 6.45) is 1.99. The fourth-order valence-corrected chi connectivity index (χ4v) is 2.44. The molecule has 0 radical (unpaired) electrons. The largest absolute Gasteiger partial charge is 0.296 e. The quantitative estimate of drug-likeness (QED) is 0.755. The predicted octanol–water partition coefficient (Wildman–Crippen LogP) is 2.70. The number of halogens is 1. The van der Waals surface area contributed by atoms with Crippen molar-refractivity contribution in [1.82, 2.24) is 10.2 Å². The van der Waals surface area contributed by atoms with Crippen LogP contribution in [-0.4, -0.2) is 23.5 Å². The average Bonchev–Trinajstić information content (AvgIpc) is 2.54. The lowest BCUT2D eigenvalue weighted by Crippen LogP contribution is -2.11. The monoisotopic (exact) mass is 295 g/mol. The Hall–Kier alpha value is -2.82. The van der Waals surface area contributed by atoms with Crippen molar-refractivity contribution in [3.8, 4) is 0 Å². The lowest BCUT2D eigenvalue weighted by molar-refractivity contribution is 0.625. The summed E-state index contributed by atoms with van der Waals surface area (Å²) in [7, 11) is 1.60. The van der Waals surface area contributed by atoms with Crippen LogP contribution in [0.2, 0.25) is 0 Å². The standard InChI is InChI=1S/C17H14FN3O/c1-19-10-12-8-11(6-7-15(12)18)9-16-13-4-2-3-5-14(13)17(22)21-20-16/h2-8,10H,9H2,1H3,(H,21,22). The Morgan fingerprint density at radius 1 is 1.23 bits per heavy atom. The van der Waals surface area contributed by atoms with E-state index in [-0.39, 0.29) is 11.4 Å². The van der Waals surface area contributed by atoms with Gasteiger partial charge in [-0.05, 0) is 23.8 Å². The van der Waals surface area contributed by atoms with E-state index in [0.29, 0.717) is 17.4 Å². The van der Waals surface area contributed by atoms with Crippen LogP contribution in [0.3, 0.4) is 0 Å². The van der Waals surface area contributed by atoms with Crippen molar-refractivity contribution >= 4 is 17.0 Å². The maximum absolute atomic E-state index is 13.6. The molecule has 0 aliphatic rings. The first-order chi connectivity index (χ1) is 10.7. The highest BCUT2D eigenvalue weighted by Crippen LogP contribution is 2.17. The minimum absolute atomic E-state index is 0.211. The van der Waals surface area contributed by atoms with Crippen LogP contribution in [-0.2, 0) is 6.42 Å². The lowest BCUT2D eigenvalue weighted by atomic mass is 10.0. The van der Waals surface area contributed by atoms with Gasteiger partial charge in [-0.2, -0.15) is 5.10 Å². The molecule has 0 spiro atoms. The number of aliphatic imine (C=N–C) groups is 1. The summed E-state index contributed by atoms with van der Waals surface area (Å²) in [5.74, 6) is -0.311. The summed E-state index contributed by atoms with van der Waals surface area (Å²) in [6, 6.07) is 12.2. The summed E-state index contributed by atoms with van der Waals surface area (Å²) in [5.41, 5.74) is 1.88. The van der Waals surface area contributed by atoms with Gasteiger partial charge in [0.25, 0.3) is 5.56 Å². The summed E-state index contributed by atoms with van der Waals surface area (Å²) in [6.45, 7) is 0. The van der Waals surface area contributed by atoms with Crippen LogP contribution < -0.4 is 5.56 Å². The zero-order valence-corrected chi connectivity index (χ0v) is 12.0. The number of aromatic amines is 1. The topological polar surface area (TPSA) is 58.1 Å².